The quantitative estimate of drug-likeness (QED) is 0.743. The van der Waals surface area contributed by atoms with E-state index in [2.05, 4.69) is 58.3 Å². The Labute approximate surface area is 134 Å². The Morgan fingerprint density at radius 3 is 2.61 bits per heavy atom. The van der Waals surface area contributed by atoms with Crippen LogP contribution in [0.25, 0.3) is 5.65 Å². The third-order valence-electron chi connectivity index (χ3n) is 4.25. The van der Waals surface area contributed by atoms with Gasteiger partial charge in [-0.05, 0) is 38.0 Å². The van der Waals surface area contributed by atoms with Crippen LogP contribution in [-0.2, 0) is 0 Å². The first-order valence-electron chi connectivity index (χ1n) is 7.77. The fraction of sp³-hybridized carbons (Fsp3) is 0.353. The number of nitrogens with zero attached hydrogens (tertiary/aromatic N) is 5. The maximum atomic E-state index is 6.19. The first kappa shape index (κ1) is 14.0. The van der Waals surface area contributed by atoms with E-state index in [4.69, 9.17) is 4.74 Å². The molecule has 1 aliphatic heterocycles. The summed E-state index contributed by atoms with van der Waals surface area (Å²) in [4.78, 5) is 2.26. The number of fused-ring (bicyclic) bond motifs is 1. The van der Waals surface area contributed by atoms with Gasteiger partial charge in [-0.1, -0.05) is 18.2 Å². The van der Waals surface area contributed by atoms with E-state index < -0.39 is 0 Å². The Balaban J connectivity index is 1.52. The van der Waals surface area contributed by atoms with Crippen LogP contribution in [0.4, 0.5) is 5.69 Å². The number of aryl methyl sites for hydroxylation is 3. The van der Waals surface area contributed by atoms with E-state index in [-0.39, 0.29) is 6.10 Å². The van der Waals surface area contributed by atoms with Crippen molar-refractivity contribution in [1.29, 1.82) is 0 Å². The van der Waals surface area contributed by atoms with Crippen molar-refractivity contribution in [3.05, 3.63) is 47.4 Å². The molecule has 3 heterocycles. The molecule has 3 aromatic rings. The highest BCUT2D eigenvalue weighted by Gasteiger charge is 2.31. The molecular formula is C17H19N5O. The normalized spacial score (nSPS) is 15.0. The van der Waals surface area contributed by atoms with Gasteiger partial charge < -0.3 is 9.64 Å². The van der Waals surface area contributed by atoms with Crippen molar-refractivity contribution in [2.75, 3.05) is 18.0 Å². The molecule has 23 heavy (non-hydrogen) atoms. The van der Waals surface area contributed by atoms with E-state index in [1.165, 1.54) is 11.1 Å². The van der Waals surface area contributed by atoms with Crippen molar-refractivity contribution in [3.8, 4) is 5.75 Å². The summed E-state index contributed by atoms with van der Waals surface area (Å²) in [6.07, 6.45) is 1.84. The molecule has 2 aromatic heterocycles. The molecule has 0 atom stereocenters. The summed E-state index contributed by atoms with van der Waals surface area (Å²) in [6.45, 7) is 7.85. The van der Waals surface area contributed by atoms with Gasteiger partial charge in [0, 0.05) is 0 Å². The number of ether oxygens (including phenoxy) is 1. The number of para-hydroxylation sites is 1. The van der Waals surface area contributed by atoms with E-state index in [1.807, 2.05) is 6.92 Å². The number of anilines is 1. The zero-order valence-corrected chi connectivity index (χ0v) is 13.5. The van der Waals surface area contributed by atoms with E-state index >= 15 is 0 Å². The summed E-state index contributed by atoms with van der Waals surface area (Å²) in [5, 5.41) is 12.5. The van der Waals surface area contributed by atoms with Gasteiger partial charge in [0.05, 0.1) is 24.5 Å². The second kappa shape index (κ2) is 5.22. The number of benzene rings is 1. The molecule has 0 unspecified atom stereocenters. The lowest BCUT2D eigenvalue weighted by atomic mass is 10.1. The van der Waals surface area contributed by atoms with Gasteiger partial charge in [0.2, 0.25) is 5.65 Å². The first-order valence-corrected chi connectivity index (χ1v) is 7.77. The largest absolute Gasteiger partial charge is 0.486 e. The minimum atomic E-state index is 0.200. The van der Waals surface area contributed by atoms with Crippen molar-refractivity contribution in [2.45, 2.75) is 26.9 Å². The van der Waals surface area contributed by atoms with Gasteiger partial charge in [-0.25, -0.2) is 0 Å². The van der Waals surface area contributed by atoms with Crippen LogP contribution in [0.1, 0.15) is 16.8 Å². The van der Waals surface area contributed by atoms with Gasteiger partial charge in [-0.3, -0.25) is 0 Å². The van der Waals surface area contributed by atoms with Crippen LogP contribution < -0.4 is 9.64 Å². The molecule has 0 N–H and O–H groups in total. The summed E-state index contributed by atoms with van der Waals surface area (Å²) in [5.74, 6) is 1.01. The Bertz CT molecular complexity index is 846. The molecule has 0 saturated carbocycles. The van der Waals surface area contributed by atoms with E-state index in [0.29, 0.717) is 0 Å². The van der Waals surface area contributed by atoms with Gasteiger partial charge in [-0.2, -0.15) is 9.61 Å². The van der Waals surface area contributed by atoms with Gasteiger partial charge in [0.15, 0.2) is 0 Å². The van der Waals surface area contributed by atoms with E-state index in [1.54, 1.807) is 10.8 Å². The standard InChI is InChI=1S/C17H19N5O/c1-11-5-4-6-12(2)16(11)23-14-8-21(9-14)15-7-13(3)20-22-10-18-19-17(15)22/h4-7,10,14H,8-9H2,1-3H3. The second-order valence-corrected chi connectivity index (χ2v) is 6.14. The predicted molar refractivity (Wildman–Crippen MR) is 88.1 cm³/mol. The minimum Gasteiger partial charge on any atom is -0.486 e. The van der Waals surface area contributed by atoms with Gasteiger partial charge in [0.1, 0.15) is 18.2 Å². The van der Waals surface area contributed by atoms with Crippen molar-refractivity contribution < 1.29 is 4.74 Å². The molecular weight excluding hydrogens is 290 g/mol. The maximum Gasteiger partial charge on any atom is 0.200 e. The Kier molecular flexibility index (Phi) is 3.18. The third-order valence-corrected chi connectivity index (χ3v) is 4.25. The van der Waals surface area contributed by atoms with Crippen molar-refractivity contribution >= 4 is 11.3 Å². The van der Waals surface area contributed by atoms with Crippen LogP contribution in [0, 0.1) is 20.8 Å². The molecule has 0 aliphatic carbocycles. The van der Waals surface area contributed by atoms with Crippen LogP contribution in [0.15, 0.2) is 30.6 Å². The topological polar surface area (TPSA) is 55.5 Å². The summed E-state index contributed by atoms with van der Waals surface area (Å²) in [5.41, 5.74) is 5.18. The first-order chi connectivity index (χ1) is 11.1. The predicted octanol–water partition coefficient (Wildman–Crippen LogP) is 2.32. The minimum absolute atomic E-state index is 0.200. The Hall–Kier alpha value is -2.63. The van der Waals surface area contributed by atoms with Crippen LogP contribution >= 0.6 is 0 Å². The average molecular weight is 309 g/mol. The third kappa shape index (κ3) is 2.40. The van der Waals surface area contributed by atoms with Crippen LogP contribution in [0.5, 0.6) is 5.75 Å². The molecule has 118 valence electrons. The highest BCUT2D eigenvalue weighted by atomic mass is 16.5. The molecule has 1 aromatic carbocycles. The molecule has 4 rings (SSSR count). The smallest absolute Gasteiger partial charge is 0.200 e. The summed E-state index contributed by atoms with van der Waals surface area (Å²) >= 11 is 0. The molecule has 0 bridgehead atoms. The van der Waals surface area contributed by atoms with E-state index in [0.717, 1.165) is 35.9 Å². The van der Waals surface area contributed by atoms with Crippen molar-refractivity contribution in [3.63, 3.8) is 0 Å². The van der Waals surface area contributed by atoms with Gasteiger partial charge >= 0.3 is 0 Å². The summed E-state index contributed by atoms with van der Waals surface area (Å²) < 4.78 is 7.91. The summed E-state index contributed by atoms with van der Waals surface area (Å²) in [6, 6.07) is 8.29. The molecule has 6 nitrogen and oxygen atoms in total. The zero-order chi connectivity index (χ0) is 16.0. The van der Waals surface area contributed by atoms with Gasteiger partial charge in [-0.15, -0.1) is 10.2 Å². The molecule has 1 saturated heterocycles. The molecule has 0 radical (unpaired) electrons. The Morgan fingerprint density at radius 2 is 1.87 bits per heavy atom. The highest BCUT2D eigenvalue weighted by Crippen LogP contribution is 2.30. The maximum absolute atomic E-state index is 6.19. The Morgan fingerprint density at radius 1 is 1.13 bits per heavy atom. The fourth-order valence-corrected chi connectivity index (χ4v) is 3.03. The second-order valence-electron chi connectivity index (χ2n) is 6.14. The average Bonchev–Trinajstić information content (AvgIpc) is 2.92. The number of hydrogen-bond donors (Lipinski definition) is 0. The SMILES string of the molecule is Cc1cc(N2CC(Oc3c(C)cccc3C)C2)c2nncn2n1. The monoisotopic (exact) mass is 309 g/mol. The van der Waals surface area contributed by atoms with Crippen molar-refractivity contribution in [1.82, 2.24) is 19.8 Å². The number of aromatic nitrogens is 4. The van der Waals surface area contributed by atoms with Crippen LogP contribution in [-0.4, -0.2) is 39.0 Å². The number of rotatable bonds is 3. The lowest BCUT2D eigenvalue weighted by Gasteiger charge is -2.41. The van der Waals surface area contributed by atoms with E-state index in [9.17, 15) is 0 Å². The van der Waals surface area contributed by atoms with Crippen molar-refractivity contribution in [2.24, 2.45) is 0 Å². The molecule has 1 aliphatic rings. The summed E-state index contributed by atoms with van der Waals surface area (Å²) in [7, 11) is 0. The lowest BCUT2D eigenvalue weighted by Crippen LogP contribution is -2.54. The van der Waals surface area contributed by atoms with Crippen LogP contribution in [0.3, 0.4) is 0 Å². The number of hydrogen-bond acceptors (Lipinski definition) is 5. The van der Waals surface area contributed by atoms with Gasteiger partial charge in [0.25, 0.3) is 0 Å². The zero-order valence-electron chi connectivity index (χ0n) is 13.5. The molecule has 1 fully saturated rings. The highest BCUT2D eigenvalue weighted by molar-refractivity contribution is 5.69. The fourth-order valence-electron chi connectivity index (χ4n) is 3.03. The molecule has 0 amide bonds. The molecule has 6 heteroatoms. The molecule has 0 spiro atoms. The van der Waals surface area contributed by atoms with Crippen LogP contribution in [0.2, 0.25) is 0 Å². The lowest BCUT2D eigenvalue weighted by molar-refractivity contribution is 0.165.